The Kier molecular flexibility index (Phi) is 32.1. The zero-order valence-electron chi connectivity index (χ0n) is 65.4. The highest BCUT2D eigenvalue weighted by atomic mass is 35.5. The Morgan fingerprint density at radius 2 is 0.556 bits per heavy atom. The first-order chi connectivity index (χ1) is 58.2. The van der Waals surface area contributed by atoms with E-state index in [0.717, 1.165) is 0 Å². The van der Waals surface area contributed by atoms with Crippen LogP contribution < -0.4 is 31.4 Å². The van der Waals surface area contributed by atoms with Gasteiger partial charge in [-0.15, -0.1) is 0 Å². The lowest BCUT2D eigenvalue weighted by Gasteiger charge is -2.37. The van der Waals surface area contributed by atoms with Crippen LogP contribution in [0.25, 0.3) is 32.7 Å². The lowest BCUT2D eigenvalue weighted by Crippen LogP contribution is -2.49. The average Bonchev–Trinajstić information content (AvgIpc) is 0.750. The number of benzene rings is 9. The Morgan fingerprint density at radius 1 is 0.306 bits per heavy atom. The van der Waals surface area contributed by atoms with Gasteiger partial charge in [0, 0.05) is 131 Å². The molecule has 3 saturated heterocycles. The number of anilines is 3. The number of hydrogen-bond acceptors (Lipinski definition) is 15. The average molecular weight is 1810 g/mol. The maximum Gasteiger partial charge on any atom is 0.345 e. The van der Waals surface area contributed by atoms with Crippen molar-refractivity contribution in [2.24, 2.45) is 0 Å². The Bertz CT molecular complexity index is 5900. The molecule has 0 radical (unpaired) electrons. The summed E-state index contributed by atoms with van der Waals surface area (Å²) in [6, 6.07) is 49.6. The Balaban J connectivity index is 0.000000192. The molecule has 31 heteroatoms. The monoisotopic (exact) mass is 1810 g/mol. The van der Waals surface area contributed by atoms with Crippen LogP contribution in [-0.2, 0) is 33.8 Å². The molecule has 0 spiro atoms. The molecule has 124 heavy (non-hydrogen) atoms. The van der Waals surface area contributed by atoms with E-state index in [4.69, 9.17) is 83.8 Å². The summed E-state index contributed by atoms with van der Waals surface area (Å²) in [5, 5.41) is 4.25. The number of nitrogens with zero attached hydrogens (tertiary/aromatic N) is 9. The predicted molar refractivity (Wildman–Crippen MR) is 483 cm³/mol. The summed E-state index contributed by atoms with van der Waals surface area (Å²) in [5.74, 6) is -4.40. The van der Waals surface area contributed by atoms with Gasteiger partial charge >= 0.3 is 17.9 Å². The van der Waals surface area contributed by atoms with Gasteiger partial charge in [0.2, 0.25) is 0 Å². The zero-order chi connectivity index (χ0) is 86.0. The normalized spacial score (nSPS) is 13.2. The van der Waals surface area contributed by atoms with E-state index in [9.17, 15) is 60.7 Å². The maximum absolute atomic E-state index is 14.0. The van der Waals surface area contributed by atoms with E-state index in [-0.39, 0.29) is 102 Å². The summed E-state index contributed by atoms with van der Waals surface area (Å²) in [6.45, 7) is 9.77. The molecule has 0 N–H and O–H groups in total. The van der Waals surface area contributed by atoms with E-state index in [1.807, 2.05) is 14.7 Å². The number of rotatable bonds is 18. The van der Waals surface area contributed by atoms with Gasteiger partial charge < -0.3 is 57.3 Å². The van der Waals surface area contributed by atoms with E-state index in [1.54, 1.807) is 163 Å². The van der Waals surface area contributed by atoms with Crippen molar-refractivity contribution in [3.8, 4) is 0 Å². The van der Waals surface area contributed by atoms with Gasteiger partial charge in [0.1, 0.15) is 40.0 Å². The molecule has 3 aliphatic rings. The number of ether oxygens (including phenoxy) is 3. The minimum atomic E-state index is -0.762. The van der Waals surface area contributed by atoms with Crippen LogP contribution >= 0.6 is 69.6 Å². The summed E-state index contributed by atoms with van der Waals surface area (Å²) < 4.78 is 74.3. The number of aromatic nitrogens is 3. The first kappa shape index (κ1) is 94.5. The molecular weight excluding hydrogens is 1720 g/mol. The van der Waals surface area contributed by atoms with Crippen molar-refractivity contribution in [3.63, 3.8) is 0 Å². The van der Waals surface area contributed by atoms with Gasteiger partial charge in [0.15, 0.2) is 0 Å². The summed E-state index contributed by atoms with van der Waals surface area (Å²) in [6.07, 6.45) is 0. The second-order valence-electron chi connectivity index (χ2n) is 28.4. The van der Waals surface area contributed by atoms with Crippen LogP contribution in [0.5, 0.6) is 0 Å². The standard InChI is InChI=1S/C30H25Cl3FN3O4.C30H26Cl2FN3O4.C30H26ClF2N3O4.3CH4/c1-2-41-30(40)26-27(35-11-13-36(14-12-35)28(38)19-5-9-23(32)24(33)15-19)22-16-20(31)6-10-25(22)37(29(26)39)17-18-3-7-21(34)8-4-18;1-2-40-30(39)26-27(34-13-15-35(16-14-34)28(37)20-5-7-21(31)8-6-20)24-17-22(32)9-12-25(24)36(29(26)38)18-19-3-10-23(33)11-4-19;1-2-40-30(39)26-27(34-13-15-35(16-14-34)28(37)20-5-10-23(33)11-6-20)24-17-21(31)7-12-25(24)36(29(26)38)18-19-3-8-22(32)9-4-19;;;/h3-10,15-16H,2,11-14,17H2,1H3;2*3-12,17H,2,13-16,18H2,1H3;3*1H4. The molecule has 0 saturated carbocycles. The highest BCUT2D eigenvalue weighted by molar-refractivity contribution is 6.42. The molecule has 21 nitrogen and oxygen atoms in total. The largest absolute Gasteiger partial charge is 0.462 e. The van der Waals surface area contributed by atoms with Gasteiger partial charge in [-0.1, -0.05) is 128 Å². The van der Waals surface area contributed by atoms with Gasteiger partial charge in [-0.05, 0) is 195 Å². The van der Waals surface area contributed by atoms with Crippen LogP contribution in [0.4, 0.5) is 34.6 Å². The highest BCUT2D eigenvalue weighted by Crippen LogP contribution is 2.38. The van der Waals surface area contributed by atoms with Crippen molar-refractivity contribution in [2.75, 3.05) is 113 Å². The van der Waals surface area contributed by atoms with Crippen LogP contribution in [0, 0.1) is 23.3 Å². The van der Waals surface area contributed by atoms with Crippen LogP contribution in [-0.4, -0.2) is 162 Å². The number of carbonyl (C=O) groups excluding carboxylic acids is 6. The van der Waals surface area contributed by atoms with Crippen LogP contribution in [0.1, 0.15) is 122 Å². The molecular formula is C93H89Cl6F4N9O12. The van der Waals surface area contributed by atoms with Crippen LogP contribution in [0.3, 0.4) is 0 Å². The first-order valence-corrected chi connectivity index (χ1v) is 40.9. The lowest BCUT2D eigenvalue weighted by atomic mass is 10.0. The number of pyridine rings is 3. The molecule has 3 fully saturated rings. The van der Waals surface area contributed by atoms with E-state index in [1.165, 1.54) is 80.4 Å². The SMILES string of the molecule is C.C.C.CCOC(=O)c1c(N2CCN(C(=O)c3ccc(Cl)c(Cl)c3)CC2)c2cc(Cl)ccc2n(Cc2ccc(F)cc2)c1=O.CCOC(=O)c1c(N2CCN(C(=O)c3ccc(Cl)cc3)CC2)c2cc(Cl)ccc2n(Cc2ccc(F)cc2)c1=O.CCOC(=O)c1c(N2CCN(C(=O)c3ccc(F)cc3)CC2)c2cc(Cl)ccc2n(Cc2ccc(F)cc2)c1=O. The van der Waals surface area contributed by atoms with Gasteiger partial charge in [0.05, 0.1) is 83.1 Å². The Morgan fingerprint density at radius 3 is 0.831 bits per heavy atom. The first-order valence-electron chi connectivity index (χ1n) is 38.6. The highest BCUT2D eigenvalue weighted by Gasteiger charge is 2.36. The lowest BCUT2D eigenvalue weighted by molar-refractivity contribution is 0.0514. The van der Waals surface area contributed by atoms with E-state index >= 15 is 0 Å². The molecule has 3 aromatic heterocycles. The fourth-order valence-corrected chi connectivity index (χ4v) is 15.9. The second kappa shape index (κ2) is 42.1. The third-order valence-electron chi connectivity index (χ3n) is 20.8. The van der Waals surface area contributed by atoms with Crippen molar-refractivity contribution >= 4 is 155 Å². The third-order valence-corrected chi connectivity index (χ3v) is 22.5. The fourth-order valence-electron chi connectivity index (χ4n) is 14.9. The van der Waals surface area contributed by atoms with E-state index in [2.05, 4.69) is 0 Å². The van der Waals surface area contributed by atoms with Gasteiger partial charge in [-0.25, -0.2) is 31.9 Å². The number of piperazine rings is 3. The van der Waals surface area contributed by atoms with E-state index in [0.29, 0.717) is 192 Å². The predicted octanol–water partition coefficient (Wildman–Crippen LogP) is 19.0. The quantitative estimate of drug-likeness (QED) is 0.0443. The summed E-state index contributed by atoms with van der Waals surface area (Å²) in [4.78, 5) is 132. The summed E-state index contributed by atoms with van der Waals surface area (Å²) >= 11 is 37.3. The van der Waals surface area contributed by atoms with Gasteiger partial charge in [0.25, 0.3) is 34.4 Å². The third kappa shape index (κ3) is 21.2. The topological polar surface area (TPSA) is 216 Å². The summed E-state index contributed by atoms with van der Waals surface area (Å²) in [7, 11) is 0. The molecule has 3 aliphatic heterocycles. The molecule has 0 atom stereocenters. The molecule has 15 rings (SSSR count). The molecule has 9 aromatic carbocycles. The van der Waals surface area contributed by atoms with Crippen molar-refractivity contribution < 1.29 is 60.5 Å². The molecule has 3 amide bonds. The van der Waals surface area contributed by atoms with Crippen LogP contribution in [0.2, 0.25) is 30.1 Å². The molecule has 0 aliphatic carbocycles. The summed E-state index contributed by atoms with van der Waals surface area (Å²) in [5.41, 5.74) is 4.33. The van der Waals surface area contributed by atoms with Gasteiger partial charge in [-0.3, -0.25) is 28.8 Å². The molecule has 648 valence electrons. The van der Waals surface area contributed by atoms with Crippen LogP contribution in [0.15, 0.2) is 209 Å². The van der Waals surface area contributed by atoms with Crippen molar-refractivity contribution in [1.82, 2.24) is 28.4 Å². The molecule has 12 aromatic rings. The second-order valence-corrected chi connectivity index (χ2v) is 30.9. The molecule has 0 bridgehead atoms. The van der Waals surface area contributed by atoms with Crippen molar-refractivity contribution in [1.29, 1.82) is 0 Å². The van der Waals surface area contributed by atoms with Crippen molar-refractivity contribution in [3.05, 3.63) is 329 Å². The Labute approximate surface area is 743 Å². The smallest absolute Gasteiger partial charge is 0.345 e. The molecule has 0 unspecified atom stereocenters. The number of esters is 3. The number of amides is 3. The Hall–Kier alpha value is -11.7. The fraction of sp³-hybridized carbons (Fsp3) is 0.258. The van der Waals surface area contributed by atoms with Gasteiger partial charge in [-0.2, -0.15) is 0 Å². The van der Waals surface area contributed by atoms with Crippen molar-refractivity contribution in [2.45, 2.75) is 62.7 Å². The minimum Gasteiger partial charge on any atom is -0.462 e. The van der Waals surface area contributed by atoms with E-state index < -0.39 is 52.0 Å². The number of halogens is 10. The minimum absolute atomic E-state index is 0. The number of fused-ring (bicyclic) bond motifs is 3. The number of carbonyl (C=O) groups is 6. The molecule has 6 heterocycles. The zero-order valence-corrected chi connectivity index (χ0v) is 69.9. The number of hydrogen-bond donors (Lipinski definition) is 0. The maximum atomic E-state index is 14.0.